The Hall–Kier alpha value is -2.40. The summed E-state index contributed by atoms with van der Waals surface area (Å²) in [4.78, 5) is 21.6. The largest absolute Gasteiger partial charge is 0.353 e. The van der Waals surface area contributed by atoms with E-state index in [9.17, 15) is 4.79 Å². The van der Waals surface area contributed by atoms with Crippen LogP contribution in [-0.2, 0) is 11.2 Å². The summed E-state index contributed by atoms with van der Waals surface area (Å²) >= 11 is 1.49. The standard InChI is InChI=1S/C22H25N3OS/c1-15(13-14-18-9-5-4-6-10-18)23-21(26)16(2)27-22-19-11-7-8-12-20(19)24-17(3)25-22/h4-12,15-16H,13-14H2,1-3H3,(H,23,26)/t15-,16+/m0/s1. The molecule has 0 aliphatic carbocycles. The molecular formula is C22H25N3OS. The van der Waals surface area contributed by atoms with Crippen molar-refractivity contribution < 1.29 is 4.79 Å². The van der Waals surface area contributed by atoms with E-state index in [0.29, 0.717) is 0 Å². The minimum absolute atomic E-state index is 0.0425. The third-order valence-corrected chi connectivity index (χ3v) is 5.54. The molecule has 3 aromatic rings. The van der Waals surface area contributed by atoms with Gasteiger partial charge < -0.3 is 5.32 Å². The molecule has 1 aromatic heterocycles. The van der Waals surface area contributed by atoms with Gasteiger partial charge in [0.1, 0.15) is 10.9 Å². The highest BCUT2D eigenvalue weighted by Gasteiger charge is 2.19. The topological polar surface area (TPSA) is 54.9 Å². The lowest BCUT2D eigenvalue weighted by Crippen LogP contribution is -2.37. The predicted octanol–water partition coefficient (Wildman–Crippen LogP) is 4.56. The van der Waals surface area contributed by atoms with Crippen molar-refractivity contribution in [1.82, 2.24) is 15.3 Å². The van der Waals surface area contributed by atoms with Crippen molar-refractivity contribution in [1.29, 1.82) is 0 Å². The highest BCUT2D eigenvalue weighted by Crippen LogP contribution is 2.28. The van der Waals surface area contributed by atoms with Crippen LogP contribution in [0.25, 0.3) is 10.9 Å². The Morgan fingerprint density at radius 2 is 1.74 bits per heavy atom. The van der Waals surface area contributed by atoms with Gasteiger partial charge in [-0.25, -0.2) is 9.97 Å². The fourth-order valence-electron chi connectivity index (χ4n) is 2.93. The average molecular weight is 380 g/mol. The summed E-state index contributed by atoms with van der Waals surface area (Å²) in [5, 5.41) is 4.76. The van der Waals surface area contributed by atoms with Crippen LogP contribution < -0.4 is 5.32 Å². The van der Waals surface area contributed by atoms with E-state index < -0.39 is 0 Å². The van der Waals surface area contributed by atoms with Gasteiger partial charge in [-0.3, -0.25) is 4.79 Å². The first kappa shape index (κ1) is 19.4. The van der Waals surface area contributed by atoms with Crippen molar-refractivity contribution >= 4 is 28.6 Å². The number of carbonyl (C=O) groups excluding carboxylic acids is 1. The first-order valence-electron chi connectivity index (χ1n) is 9.27. The van der Waals surface area contributed by atoms with Crippen LogP contribution >= 0.6 is 11.8 Å². The molecule has 0 saturated carbocycles. The Morgan fingerprint density at radius 1 is 1.04 bits per heavy atom. The highest BCUT2D eigenvalue weighted by atomic mass is 32.2. The van der Waals surface area contributed by atoms with E-state index in [1.165, 1.54) is 17.3 Å². The summed E-state index contributed by atoms with van der Waals surface area (Å²) in [6.07, 6.45) is 1.88. The van der Waals surface area contributed by atoms with E-state index in [1.807, 2.05) is 56.3 Å². The lowest BCUT2D eigenvalue weighted by atomic mass is 10.1. The number of aryl methyl sites for hydroxylation is 2. The summed E-state index contributed by atoms with van der Waals surface area (Å²) in [5.41, 5.74) is 2.21. The Kier molecular flexibility index (Phi) is 6.45. The molecule has 1 amide bonds. The second-order valence-electron chi connectivity index (χ2n) is 6.79. The average Bonchev–Trinajstić information content (AvgIpc) is 2.67. The number of benzene rings is 2. The smallest absolute Gasteiger partial charge is 0.233 e. The molecule has 1 heterocycles. The zero-order chi connectivity index (χ0) is 19.2. The van der Waals surface area contributed by atoms with Crippen LogP contribution in [-0.4, -0.2) is 27.2 Å². The molecule has 5 heteroatoms. The van der Waals surface area contributed by atoms with Crippen LogP contribution in [0.2, 0.25) is 0 Å². The molecule has 140 valence electrons. The quantitative estimate of drug-likeness (QED) is 0.483. The van der Waals surface area contributed by atoms with E-state index >= 15 is 0 Å². The van der Waals surface area contributed by atoms with Gasteiger partial charge in [0.05, 0.1) is 10.8 Å². The molecule has 0 unspecified atom stereocenters. The number of hydrogen-bond donors (Lipinski definition) is 1. The SMILES string of the molecule is Cc1nc(S[C@H](C)C(=O)N[C@@H](C)CCc2ccccc2)c2ccccc2n1. The fourth-order valence-corrected chi connectivity index (χ4v) is 3.92. The Balaban J connectivity index is 1.59. The van der Waals surface area contributed by atoms with Crippen LogP contribution in [0.15, 0.2) is 59.6 Å². The number of carbonyl (C=O) groups is 1. The number of para-hydroxylation sites is 1. The van der Waals surface area contributed by atoms with Crippen molar-refractivity contribution in [3.63, 3.8) is 0 Å². The summed E-state index contributed by atoms with van der Waals surface area (Å²) in [7, 11) is 0. The molecule has 2 aromatic carbocycles. The minimum atomic E-state index is -0.220. The number of thioether (sulfide) groups is 1. The fraction of sp³-hybridized carbons (Fsp3) is 0.318. The van der Waals surface area contributed by atoms with Crippen LogP contribution in [0.5, 0.6) is 0 Å². The lowest BCUT2D eigenvalue weighted by molar-refractivity contribution is -0.120. The van der Waals surface area contributed by atoms with Crippen LogP contribution in [0.1, 0.15) is 31.7 Å². The van der Waals surface area contributed by atoms with Crippen LogP contribution in [0, 0.1) is 6.92 Å². The number of nitrogens with zero attached hydrogens (tertiary/aromatic N) is 2. The molecule has 0 aliphatic rings. The first-order chi connectivity index (χ1) is 13.0. The van der Waals surface area contributed by atoms with Gasteiger partial charge in [0.25, 0.3) is 0 Å². The van der Waals surface area contributed by atoms with Gasteiger partial charge in [0.2, 0.25) is 5.91 Å². The maximum absolute atomic E-state index is 12.6. The summed E-state index contributed by atoms with van der Waals surface area (Å²) < 4.78 is 0. The molecule has 0 bridgehead atoms. The molecule has 0 spiro atoms. The predicted molar refractivity (Wildman–Crippen MR) is 112 cm³/mol. The molecular weight excluding hydrogens is 354 g/mol. The van der Waals surface area contributed by atoms with Crippen LogP contribution in [0.4, 0.5) is 0 Å². The molecule has 0 aliphatic heterocycles. The van der Waals surface area contributed by atoms with Gasteiger partial charge in [-0.1, -0.05) is 60.3 Å². The minimum Gasteiger partial charge on any atom is -0.353 e. The van der Waals surface area contributed by atoms with Crippen molar-refractivity contribution in [2.45, 2.75) is 49.9 Å². The second kappa shape index (κ2) is 9.00. The Morgan fingerprint density at radius 3 is 2.52 bits per heavy atom. The first-order valence-corrected chi connectivity index (χ1v) is 10.1. The zero-order valence-electron chi connectivity index (χ0n) is 16.0. The van der Waals surface area contributed by atoms with E-state index in [1.54, 1.807) is 0 Å². The molecule has 1 N–H and O–H groups in total. The maximum Gasteiger partial charge on any atom is 0.233 e. The van der Waals surface area contributed by atoms with Crippen LogP contribution in [0.3, 0.4) is 0 Å². The molecule has 0 saturated heterocycles. The van der Waals surface area contributed by atoms with Gasteiger partial charge in [-0.15, -0.1) is 0 Å². The monoisotopic (exact) mass is 379 g/mol. The number of hydrogen-bond acceptors (Lipinski definition) is 4. The molecule has 0 fully saturated rings. The third kappa shape index (κ3) is 5.30. The molecule has 0 radical (unpaired) electrons. The molecule has 3 rings (SSSR count). The number of fused-ring (bicyclic) bond motifs is 1. The molecule has 2 atom stereocenters. The van der Waals surface area contributed by atoms with Crippen molar-refractivity contribution in [2.75, 3.05) is 0 Å². The van der Waals surface area contributed by atoms with E-state index in [2.05, 4.69) is 34.3 Å². The van der Waals surface area contributed by atoms with Crippen molar-refractivity contribution in [3.05, 3.63) is 66.0 Å². The third-order valence-electron chi connectivity index (χ3n) is 4.44. The lowest BCUT2D eigenvalue weighted by Gasteiger charge is -2.18. The maximum atomic E-state index is 12.6. The van der Waals surface area contributed by atoms with Crippen molar-refractivity contribution in [2.24, 2.45) is 0 Å². The number of aromatic nitrogens is 2. The number of nitrogens with one attached hydrogen (secondary N) is 1. The number of rotatable bonds is 7. The van der Waals surface area contributed by atoms with Gasteiger partial charge >= 0.3 is 0 Å². The summed E-state index contributed by atoms with van der Waals surface area (Å²) in [6, 6.07) is 18.4. The van der Waals surface area contributed by atoms with E-state index in [0.717, 1.165) is 34.6 Å². The summed E-state index contributed by atoms with van der Waals surface area (Å²) in [5.74, 6) is 0.765. The highest BCUT2D eigenvalue weighted by molar-refractivity contribution is 8.00. The van der Waals surface area contributed by atoms with Crippen molar-refractivity contribution in [3.8, 4) is 0 Å². The van der Waals surface area contributed by atoms with E-state index in [-0.39, 0.29) is 17.2 Å². The Bertz CT molecular complexity index is 914. The second-order valence-corrected chi connectivity index (χ2v) is 8.12. The van der Waals surface area contributed by atoms with Gasteiger partial charge in [-0.2, -0.15) is 0 Å². The normalized spacial score (nSPS) is 13.3. The zero-order valence-corrected chi connectivity index (χ0v) is 16.8. The van der Waals surface area contributed by atoms with Gasteiger partial charge in [0, 0.05) is 11.4 Å². The number of amides is 1. The Labute approximate surface area is 164 Å². The summed E-state index contributed by atoms with van der Waals surface area (Å²) in [6.45, 7) is 5.87. The van der Waals surface area contributed by atoms with E-state index in [4.69, 9.17) is 0 Å². The van der Waals surface area contributed by atoms with Gasteiger partial charge in [0.15, 0.2) is 0 Å². The molecule has 27 heavy (non-hydrogen) atoms. The molecule has 4 nitrogen and oxygen atoms in total. The van der Waals surface area contributed by atoms with Gasteiger partial charge in [-0.05, 0) is 45.2 Å².